The molecule has 7 nitrogen and oxygen atoms in total. The van der Waals surface area contributed by atoms with Crippen LogP contribution in [0.2, 0.25) is 0 Å². The van der Waals surface area contributed by atoms with Crippen LogP contribution in [0.3, 0.4) is 0 Å². The highest BCUT2D eigenvalue weighted by Gasteiger charge is 2.13. The maximum absolute atomic E-state index is 11.1. The summed E-state index contributed by atoms with van der Waals surface area (Å²) < 4.78 is 2.05. The summed E-state index contributed by atoms with van der Waals surface area (Å²) in [4.78, 5) is 14.8. The number of aromatic hydroxyl groups is 1. The lowest BCUT2D eigenvalue weighted by molar-refractivity contribution is -0.385. The molecule has 0 aliphatic heterocycles. The van der Waals surface area contributed by atoms with Crippen LogP contribution >= 0.6 is 0 Å². The van der Waals surface area contributed by atoms with Gasteiger partial charge in [0.2, 0.25) is 0 Å². The van der Waals surface area contributed by atoms with Gasteiger partial charge in [-0.05, 0) is 36.8 Å². The van der Waals surface area contributed by atoms with Crippen LogP contribution in [-0.2, 0) is 13.1 Å². The van der Waals surface area contributed by atoms with Gasteiger partial charge in [0.1, 0.15) is 11.6 Å². The highest BCUT2D eigenvalue weighted by molar-refractivity contribution is 5.50. The molecular formula is C18H18N4O3. The number of nitrogens with zero attached hydrogens (tertiary/aromatic N) is 3. The zero-order valence-electron chi connectivity index (χ0n) is 13.7. The van der Waals surface area contributed by atoms with Crippen molar-refractivity contribution in [3.05, 3.63) is 81.9 Å². The summed E-state index contributed by atoms with van der Waals surface area (Å²) in [5.41, 5.74) is 2.40. The van der Waals surface area contributed by atoms with E-state index in [9.17, 15) is 15.2 Å². The Kier molecular flexibility index (Phi) is 4.65. The highest BCUT2D eigenvalue weighted by atomic mass is 16.6. The molecule has 0 saturated heterocycles. The number of aryl methyl sites for hydroxylation is 1. The Morgan fingerprint density at radius 2 is 2.00 bits per heavy atom. The quantitative estimate of drug-likeness (QED) is 0.530. The lowest BCUT2D eigenvalue weighted by Gasteiger charge is -2.09. The molecule has 0 bridgehead atoms. The van der Waals surface area contributed by atoms with Crippen molar-refractivity contribution in [2.24, 2.45) is 0 Å². The second kappa shape index (κ2) is 7.04. The van der Waals surface area contributed by atoms with E-state index in [1.807, 2.05) is 37.4 Å². The number of benzene rings is 2. The van der Waals surface area contributed by atoms with Crippen molar-refractivity contribution in [3.8, 4) is 5.75 Å². The molecule has 0 aliphatic carbocycles. The summed E-state index contributed by atoms with van der Waals surface area (Å²) in [5, 5.41) is 23.7. The predicted molar refractivity (Wildman–Crippen MR) is 94.6 cm³/mol. The monoisotopic (exact) mass is 338 g/mol. The maximum Gasteiger partial charge on any atom is 0.274 e. The van der Waals surface area contributed by atoms with Gasteiger partial charge in [0.25, 0.3) is 5.69 Å². The lowest BCUT2D eigenvalue weighted by atomic mass is 10.1. The summed E-state index contributed by atoms with van der Waals surface area (Å²) in [7, 11) is 0. The van der Waals surface area contributed by atoms with Crippen molar-refractivity contribution in [3.63, 3.8) is 0 Å². The molecular weight excluding hydrogens is 320 g/mol. The third kappa shape index (κ3) is 3.95. The van der Waals surface area contributed by atoms with Gasteiger partial charge in [0.05, 0.1) is 10.5 Å². The average Bonchev–Trinajstić information content (AvgIpc) is 2.99. The van der Waals surface area contributed by atoms with Crippen LogP contribution in [0.4, 0.5) is 11.4 Å². The van der Waals surface area contributed by atoms with Gasteiger partial charge in [0, 0.05) is 37.2 Å². The Balaban J connectivity index is 1.67. The molecule has 0 unspecified atom stereocenters. The predicted octanol–water partition coefficient (Wildman–Crippen LogP) is 3.47. The van der Waals surface area contributed by atoms with E-state index in [2.05, 4.69) is 14.9 Å². The average molecular weight is 338 g/mol. The van der Waals surface area contributed by atoms with Crippen molar-refractivity contribution in [1.82, 2.24) is 9.55 Å². The van der Waals surface area contributed by atoms with Crippen LogP contribution in [0.15, 0.2) is 54.9 Å². The van der Waals surface area contributed by atoms with Crippen LogP contribution in [0, 0.1) is 17.0 Å². The normalized spacial score (nSPS) is 10.6. The highest BCUT2D eigenvalue weighted by Crippen LogP contribution is 2.24. The fraction of sp³-hybridized carbons (Fsp3) is 0.167. The van der Waals surface area contributed by atoms with Crippen molar-refractivity contribution >= 4 is 11.4 Å². The Bertz CT molecular complexity index is 888. The molecule has 0 amide bonds. The van der Waals surface area contributed by atoms with E-state index in [4.69, 9.17) is 0 Å². The fourth-order valence-corrected chi connectivity index (χ4v) is 2.58. The number of hydrogen-bond donors (Lipinski definition) is 2. The summed E-state index contributed by atoms with van der Waals surface area (Å²) in [6.07, 6.45) is 3.70. The molecule has 7 heteroatoms. The zero-order chi connectivity index (χ0) is 17.8. The molecule has 1 aromatic heterocycles. The number of anilines is 1. The lowest BCUT2D eigenvalue weighted by Crippen LogP contribution is -2.04. The van der Waals surface area contributed by atoms with E-state index in [1.54, 1.807) is 6.20 Å². The van der Waals surface area contributed by atoms with Crippen LogP contribution < -0.4 is 5.32 Å². The minimum absolute atomic E-state index is 0.00782. The van der Waals surface area contributed by atoms with Gasteiger partial charge in [-0.25, -0.2) is 4.98 Å². The third-order valence-electron chi connectivity index (χ3n) is 3.97. The van der Waals surface area contributed by atoms with Crippen molar-refractivity contribution < 1.29 is 10.0 Å². The number of imidazole rings is 1. The van der Waals surface area contributed by atoms with Gasteiger partial charge in [-0.1, -0.05) is 12.1 Å². The molecule has 2 N–H and O–H groups in total. The van der Waals surface area contributed by atoms with E-state index in [-0.39, 0.29) is 18.0 Å². The Morgan fingerprint density at radius 3 is 2.64 bits per heavy atom. The first-order valence-electron chi connectivity index (χ1n) is 7.80. The van der Waals surface area contributed by atoms with Gasteiger partial charge < -0.3 is 15.0 Å². The number of nitro groups is 1. The second-order valence-corrected chi connectivity index (χ2v) is 5.72. The molecule has 0 saturated carbocycles. The first-order valence-corrected chi connectivity index (χ1v) is 7.80. The molecule has 0 fully saturated rings. The largest absolute Gasteiger partial charge is 0.508 e. The van der Waals surface area contributed by atoms with Gasteiger partial charge in [-0.15, -0.1) is 0 Å². The first kappa shape index (κ1) is 16.5. The summed E-state index contributed by atoms with van der Waals surface area (Å²) in [6.45, 7) is 2.95. The fourth-order valence-electron chi connectivity index (χ4n) is 2.58. The maximum atomic E-state index is 11.1. The molecule has 2 aromatic carbocycles. The second-order valence-electron chi connectivity index (χ2n) is 5.72. The van der Waals surface area contributed by atoms with Gasteiger partial charge in [0.15, 0.2) is 0 Å². The number of rotatable bonds is 6. The number of aromatic nitrogens is 2. The first-order chi connectivity index (χ1) is 12.0. The standard InChI is InChI=1S/C18H18N4O3/c1-13-19-8-9-21(13)12-14-2-4-16(5-3-14)20-11-15-10-17(23)6-7-18(15)22(24)25/h2-10,20,23H,11-12H2,1H3. The molecule has 25 heavy (non-hydrogen) atoms. The summed E-state index contributed by atoms with van der Waals surface area (Å²) >= 11 is 0. The van der Waals surface area contributed by atoms with E-state index in [0.29, 0.717) is 5.56 Å². The topological polar surface area (TPSA) is 93.2 Å². The minimum atomic E-state index is -0.451. The molecule has 3 aromatic rings. The summed E-state index contributed by atoms with van der Waals surface area (Å²) in [6, 6.07) is 11.9. The summed E-state index contributed by atoms with van der Waals surface area (Å²) in [5.74, 6) is 0.965. The Labute approximate surface area is 144 Å². The van der Waals surface area contributed by atoms with Gasteiger partial charge in [-0.2, -0.15) is 0 Å². The van der Waals surface area contributed by atoms with Crippen LogP contribution in [-0.4, -0.2) is 19.6 Å². The Morgan fingerprint density at radius 1 is 1.24 bits per heavy atom. The number of nitro benzene ring substituents is 1. The van der Waals surface area contributed by atoms with Crippen LogP contribution in [0.5, 0.6) is 5.75 Å². The van der Waals surface area contributed by atoms with Crippen LogP contribution in [0.1, 0.15) is 17.0 Å². The van der Waals surface area contributed by atoms with Gasteiger partial charge >= 0.3 is 0 Å². The number of phenols is 1. The van der Waals surface area contributed by atoms with E-state index in [1.165, 1.54) is 18.2 Å². The van der Waals surface area contributed by atoms with Crippen molar-refractivity contribution in [2.45, 2.75) is 20.0 Å². The molecule has 1 heterocycles. The zero-order valence-corrected chi connectivity index (χ0v) is 13.7. The van der Waals surface area contributed by atoms with E-state index < -0.39 is 4.92 Å². The van der Waals surface area contributed by atoms with E-state index >= 15 is 0 Å². The molecule has 0 atom stereocenters. The smallest absolute Gasteiger partial charge is 0.274 e. The third-order valence-corrected chi connectivity index (χ3v) is 3.97. The minimum Gasteiger partial charge on any atom is -0.508 e. The molecule has 0 spiro atoms. The SMILES string of the molecule is Cc1nccn1Cc1ccc(NCc2cc(O)ccc2[N+](=O)[O-])cc1. The molecule has 128 valence electrons. The van der Waals surface area contributed by atoms with Crippen LogP contribution in [0.25, 0.3) is 0 Å². The number of hydrogen-bond acceptors (Lipinski definition) is 5. The molecule has 0 radical (unpaired) electrons. The Hall–Kier alpha value is -3.35. The van der Waals surface area contributed by atoms with Crippen molar-refractivity contribution in [1.29, 1.82) is 0 Å². The number of phenolic OH excluding ortho intramolecular Hbond substituents is 1. The van der Waals surface area contributed by atoms with Gasteiger partial charge in [-0.3, -0.25) is 10.1 Å². The molecule has 0 aliphatic rings. The molecule has 3 rings (SSSR count). The number of nitrogens with one attached hydrogen (secondary N) is 1. The van der Waals surface area contributed by atoms with E-state index in [0.717, 1.165) is 23.6 Å². The van der Waals surface area contributed by atoms with Crippen molar-refractivity contribution in [2.75, 3.05) is 5.32 Å².